The molecule has 0 spiro atoms. The molecule has 1 N–H and O–H groups in total. The Morgan fingerprint density at radius 2 is 2.12 bits per heavy atom. The van der Waals surface area contributed by atoms with Crippen LogP contribution >= 0.6 is 0 Å². The molecule has 1 fully saturated rings. The van der Waals surface area contributed by atoms with E-state index in [1.807, 2.05) is 32.0 Å². The fourth-order valence-electron chi connectivity index (χ4n) is 3.74. The molecule has 2 amide bonds. The first-order chi connectivity index (χ1) is 15.3. The number of nitrogens with zero attached hydrogens (tertiary/aromatic N) is 3. The zero-order chi connectivity index (χ0) is 23.1. The molecule has 9 heteroatoms. The van der Waals surface area contributed by atoms with Crippen molar-refractivity contribution < 1.29 is 17.9 Å². The van der Waals surface area contributed by atoms with E-state index < -0.39 is 9.84 Å². The van der Waals surface area contributed by atoms with Crippen molar-refractivity contribution in [3.63, 3.8) is 0 Å². The highest BCUT2D eigenvalue weighted by atomic mass is 32.2. The lowest BCUT2D eigenvalue weighted by molar-refractivity contribution is 0.0785. The molecular formula is C23H32N4O4S. The Bertz CT molecular complexity index is 1010. The number of imidazole rings is 1. The summed E-state index contributed by atoms with van der Waals surface area (Å²) in [5, 5.41) is 2.91. The van der Waals surface area contributed by atoms with Crippen LogP contribution in [-0.2, 0) is 33.4 Å². The molecule has 0 bridgehead atoms. The van der Waals surface area contributed by atoms with Crippen LogP contribution in [0.3, 0.4) is 0 Å². The number of sulfone groups is 1. The van der Waals surface area contributed by atoms with E-state index in [4.69, 9.17) is 4.74 Å². The number of allylic oxidation sites excluding steroid dienone is 1. The maximum absolute atomic E-state index is 13.1. The normalized spacial score (nSPS) is 16.3. The van der Waals surface area contributed by atoms with Gasteiger partial charge in [0, 0.05) is 25.7 Å². The highest BCUT2D eigenvalue weighted by Crippen LogP contribution is 2.20. The Kier molecular flexibility index (Phi) is 8.09. The second kappa shape index (κ2) is 10.8. The van der Waals surface area contributed by atoms with E-state index in [1.54, 1.807) is 27.7 Å². The summed E-state index contributed by atoms with van der Waals surface area (Å²) in [7, 11) is -3.68. The molecule has 1 saturated heterocycles. The highest BCUT2D eigenvalue weighted by Gasteiger charge is 2.27. The molecular weight excluding hydrogens is 428 g/mol. The number of carbonyl (C=O) groups is 1. The largest absolute Gasteiger partial charge is 0.376 e. The first kappa shape index (κ1) is 24.0. The van der Waals surface area contributed by atoms with Crippen molar-refractivity contribution in [2.24, 2.45) is 0 Å². The lowest BCUT2D eigenvalue weighted by Crippen LogP contribution is -2.45. The van der Waals surface area contributed by atoms with Gasteiger partial charge in [0.1, 0.15) is 0 Å². The van der Waals surface area contributed by atoms with Gasteiger partial charge in [0.2, 0.25) is 15.0 Å². The van der Waals surface area contributed by atoms with Crippen molar-refractivity contribution >= 4 is 15.9 Å². The maximum Gasteiger partial charge on any atom is 0.318 e. The molecule has 0 saturated carbocycles. The van der Waals surface area contributed by atoms with Gasteiger partial charge in [-0.3, -0.25) is 0 Å². The number of benzene rings is 1. The summed E-state index contributed by atoms with van der Waals surface area (Å²) in [6.07, 6.45) is 5.01. The Hall–Kier alpha value is -2.65. The van der Waals surface area contributed by atoms with Crippen molar-refractivity contribution in [1.82, 2.24) is 19.8 Å². The lowest BCUT2D eigenvalue weighted by atomic mass is 10.2. The van der Waals surface area contributed by atoms with Gasteiger partial charge in [-0.05, 0) is 32.3 Å². The lowest BCUT2D eigenvalue weighted by Gasteiger charge is -2.27. The Morgan fingerprint density at radius 3 is 2.75 bits per heavy atom. The molecule has 1 aromatic heterocycles. The zero-order valence-electron chi connectivity index (χ0n) is 18.7. The smallest absolute Gasteiger partial charge is 0.318 e. The fourth-order valence-corrected chi connectivity index (χ4v) is 5.24. The SMILES string of the molecule is C=CCn1c(CN(C[C@@H]2CCCO2)C(=O)NC(C)C)cnc1S(=O)(=O)Cc1ccccc1. The van der Waals surface area contributed by atoms with Crippen LogP contribution < -0.4 is 5.32 Å². The minimum Gasteiger partial charge on any atom is -0.376 e. The number of urea groups is 1. The van der Waals surface area contributed by atoms with Gasteiger partial charge in [-0.2, -0.15) is 0 Å². The van der Waals surface area contributed by atoms with Crippen molar-refractivity contribution in [2.45, 2.75) is 62.8 Å². The number of nitrogens with one attached hydrogen (secondary N) is 1. The Morgan fingerprint density at radius 1 is 1.38 bits per heavy atom. The fraction of sp³-hybridized carbons (Fsp3) is 0.478. The van der Waals surface area contributed by atoms with E-state index in [1.165, 1.54) is 6.20 Å². The quantitative estimate of drug-likeness (QED) is 0.550. The summed E-state index contributed by atoms with van der Waals surface area (Å²) in [6.45, 7) is 9.19. The molecule has 1 atom stereocenters. The Labute approximate surface area is 190 Å². The van der Waals surface area contributed by atoms with E-state index in [2.05, 4.69) is 16.9 Å². The van der Waals surface area contributed by atoms with E-state index >= 15 is 0 Å². The average molecular weight is 461 g/mol. The molecule has 2 aromatic rings. The number of rotatable bonds is 10. The van der Waals surface area contributed by atoms with Crippen LogP contribution in [0.5, 0.6) is 0 Å². The number of carbonyl (C=O) groups excluding carboxylic acids is 1. The second-order valence-corrected chi connectivity index (χ2v) is 10.2. The van der Waals surface area contributed by atoms with E-state index in [0.29, 0.717) is 24.4 Å². The van der Waals surface area contributed by atoms with Crippen LogP contribution in [0.2, 0.25) is 0 Å². The van der Waals surface area contributed by atoms with Crippen molar-refractivity contribution in [2.75, 3.05) is 13.2 Å². The van der Waals surface area contributed by atoms with Crippen LogP contribution in [0, 0.1) is 0 Å². The summed E-state index contributed by atoms with van der Waals surface area (Å²) >= 11 is 0. The summed E-state index contributed by atoms with van der Waals surface area (Å²) in [5.74, 6) is -0.144. The molecule has 1 aliphatic heterocycles. The van der Waals surface area contributed by atoms with Crippen molar-refractivity contribution in [3.05, 3.63) is 60.4 Å². The molecule has 1 aliphatic rings. The second-order valence-electron chi connectivity index (χ2n) is 8.30. The molecule has 32 heavy (non-hydrogen) atoms. The summed E-state index contributed by atoms with van der Waals surface area (Å²) in [4.78, 5) is 18.8. The highest BCUT2D eigenvalue weighted by molar-refractivity contribution is 7.90. The van der Waals surface area contributed by atoms with Crippen LogP contribution in [-0.4, -0.2) is 54.2 Å². The third-order valence-electron chi connectivity index (χ3n) is 5.19. The number of aromatic nitrogens is 2. The predicted molar refractivity (Wildman–Crippen MR) is 123 cm³/mol. The maximum atomic E-state index is 13.1. The number of ether oxygens (including phenoxy) is 1. The van der Waals surface area contributed by atoms with Gasteiger partial charge in [0.25, 0.3) is 0 Å². The summed E-state index contributed by atoms with van der Waals surface area (Å²) in [5.41, 5.74) is 1.33. The monoisotopic (exact) mass is 460 g/mol. The first-order valence-electron chi connectivity index (χ1n) is 10.9. The van der Waals surface area contributed by atoms with E-state index in [-0.39, 0.29) is 42.2 Å². The van der Waals surface area contributed by atoms with E-state index in [0.717, 1.165) is 12.8 Å². The minimum absolute atomic E-state index is 0.0161. The third-order valence-corrected chi connectivity index (χ3v) is 6.79. The molecule has 174 valence electrons. The molecule has 1 aromatic carbocycles. The van der Waals surface area contributed by atoms with Crippen molar-refractivity contribution in [1.29, 1.82) is 0 Å². The van der Waals surface area contributed by atoms with Crippen LogP contribution in [0.25, 0.3) is 0 Å². The zero-order valence-corrected chi connectivity index (χ0v) is 19.6. The molecule has 0 aliphatic carbocycles. The van der Waals surface area contributed by atoms with Crippen LogP contribution in [0.1, 0.15) is 37.9 Å². The van der Waals surface area contributed by atoms with Crippen molar-refractivity contribution in [3.8, 4) is 0 Å². The molecule has 0 radical (unpaired) electrons. The number of amides is 2. The van der Waals surface area contributed by atoms with Gasteiger partial charge in [0.05, 0.1) is 30.3 Å². The summed E-state index contributed by atoms with van der Waals surface area (Å²) < 4.78 is 33.6. The predicted octanol–water partition coefficient (Wildman–Crippen LogP) is 3.14. The topological polar surface area (TPSA) is 93.5 Å². The van der Waals surface area contributed by atoms with Crippen LogP contribution in [0.15, 0.2) is 54.3 Å². The molecule has 8 nitrogen and oxygen atoms in total. The average Bonchev–Trinajstić information content (AvgIpc) is 3.38. The van der Waals surface area contributed by atoms with Gasteiger partial charge in [-0.1, -0.05) is 36.4 Å². The third kappa shape index (κ3) is 6.20. The van der Waals surface area contributed by atoms with Gasteiger partial charge in [0.15, 0.2) is 0 Å². The van der Waals surface area contributed by atoms with Gasteiger partial charge in [-0.25, -0.2) is 18.2 Å². The minimum atomic E-state index is -3.68. The van der Waals surface area contributed by atoms with Gasteiger partial charge < -0.3 is 19.5 Å². The summed E-state index contributed by atoms with van der Waals surface area (Å²) in [6, 6.07) is 8.78. The molecule has 2 heterocycles. The van der Waals surface area contributed by atoms with Gasteiger partial charge >= 0.3 is 6.03 Å². The van der Waals surface area contributed by atoms with Crippen LogP contribution in [0.4, 0.5) is 4.79 Å². The number of hydrogen-bond donors (Lipinski definition) is 1. The van der Waals surface area contributed by atoms with E-state index in [9.17, 15) is 13.2 Å². The first-order valence-corrected chi connectivity index (χ1v) is 12.5. The number of hydrogen-bond acceptors (Lipinski definition) is 5. The standard InChI is InChI=1S/C23H32N4O4S/c1-4-12-27-20(14-24-23(27)32(29,30)17-19-9-6-5-7-10-19)15-26(22(28)25-18(2)3)16-21-11-8-13-31-21/h4-7,9-10,14,18,21H,1,8,11-13,15-17H2,2-3H3,(H,25,28)/t21-/m0/s1. The Balaban J connectivity index is 1.87. The molecule has 0 unspecified atom stereocenters. The van der Waals surface area contributed by atoms with Gasteiger partial charge in [-0.15, -0.1) is 6.58 Å². The molecule has 3 rings (SSSR count).